The van der Waals surface area contributed by atoms with Crippen molar-refractivity contribution >= 4 is 40.6 Å². The Labute approximate surface area is 240 Å². The van der Waals surface area contributed by atoms with E-state index in [1.807, 2.05) is 4.57 Å². The summed E-state index contributed by atoms with van der Waals surface area (Å²) in [5.74, 6) is -0.770. The molecule has 3 aromatic rings. The lowest BCUT2D eigenvalue weighted by atomic mass is 10.0. The number of amides is 3. The Kier molecular flexibility index (Phi) is 7.88. The van der Waals surface area contributed by atoms with Gasteiger partial charge >= 0.3 is 12.3 Å². The summed E-state index contributed by atoms with van der Waals surface area (Å²) in [6.45, 7) is 6.95. The predicted octanol–water partition coefficient (Wildman–Crippen LogP) is 5.24. The van der Waals surface area contributed by atoms with Gasteiger partial charge < -0.3 is 23.8 Å². The third-order valence-electron chi connectivity index (χ3n) is 7.13. The number of ether oxygens (including phenoxy) is 2. The highest BCUT2D eigenvalue weighted by Crippen LogP contribution is 2.34. The fourth-order valence-electron chi connectivity index (χ4n) is 5.15. The van der Waals surface area contributed by atoms with E-state index in [1.165, 1.54) is 12.1 Å². The summed E-state index contributed by atoms with van der Waals surface area (Å²) in [6, 6.07) is 9.34. The van der Waals surface area contributed by atoms with Crippen molar-refractivity contribution in [1.29, 1.82) is 0 Å². The number of hydrogen-bond acceptors (Lipinski definition) is 6. The summed E-state index contributed by atoms with van der Waals surface area (Å²) in [6.07, 6.45) is -3.95. The Bertz CT molecular complexity index is 1510. The first-order valence-electron chi connectivity index (χ1n) is 13.7. The highest BCUT2D eigenvalue weighted by molar-refractivity contribution is 6.04. The highest BCUT2D eigenvalue weighted by Gasteiger charge is 2.32. The number of imidazole rings is 1. The van der Waals surface area contributed by atoms with Crippen LogP contribution in [0.15, 0.2) is 42.5 Å². The van der Waals surface area contributed by atoms with E-state index in [0.29, 0.717) is 55.8 Å². The predicted molar refractivity (Wildman–Crippen MR) is 148 cm³/mol. The number of hydrogen-bond donors (Lipinski definition) is 1. The number of anilines is 2. The van der Waals surface area contributed by atoms with Crippen LogP contribution in [0.1, 0.15) is 55.6 Å². The summed E-state index contributed by atoms with van der Waals surface area (Å²) in [5.41, 5.74) is 0.0708. The van der Waals surface area contributed by atoms with E-state index in [9.17, 15) is 27.6 Å². The molecular weight excluding hydrogens is 555 g/mol. The van der Waals surface area contributed by atoms with Crippen molar-refractivity contribution in [3.8, 4) is 0 Å². The van der Waals surface area contributed by atoms with E-state index >= 15 is 0 Å². The Balaban J connectivity index is 1.46. The third-order valence-corrected chi connectivity index (χ3v) is 7.13. The summed E-state index contributed by atoms with van der Waals surface area (Å²) in [4.78, 5) is 46.1. The molecule has 0 radical (unpaired) electrons. The minimum atomic E-state index is -4.60. The van der Waals surface area contributed by atoms with Gasteiger partial charge in [-0.25, -0.2) is 9.78 Å². The average molecular weight is 588 g/mol. The SMILES string of the molecule is CC(C)(C)OC(=O)N1CCC(n2c(NC(=O)c3cccc(C(F)(F)F)c3)nc3cc(N4CCOCC4=O)ccc32)CC1. The number of rotatable bonds is 4. The topological polar surface area (TPSA) is 106 Å². The smallest absolute Gasteiger partial charge is 0.416 e. The van der Waals surface area contributed by atoms with Crippen molar-refractivity contribution < 1.29 is 37.0 Å². The molecule has 3 amide bonds. The zero-order valence-corrected chi connectivity index (χ0v) is 23.5. The maximum atomic E-state index is 13.3. The van der Waals surface area contributed by atoms with E-state index in [1.54, 1.807) is 48.8 Å². The van der Waals surface area contributed by atoms with Gasteiger partial charge in [0.1, 0.15) is 12.2 Å². The number of likely N-dealkylation sites (tertiary alicyclic amines) is 1. The van der Waals surface area contributed by atoms with Crippen LogP contribution in [-0.2, 0) is 20.4 Å². The highest BCUT2D eigenvalue weighted by atomic mass is 19.4. The monoisotopic (exact) mass is 587 g/mol. The van der Waals surface area contributed by atoms with Crippen molar-refractivity contribution in [2.24, 2.45) is 0 Å². The summed E-state index contributed by atoms with van der Waals surface area (Å²) in [7, 11) is 0. The number of benzene rings is 2. The number of halogens is 3. The third kappa shape index (κ3) is 6.35. The first kappa shape index (κ1) is 29.4. The number of aromatic nitrogens is 2. The number of fused-ring (bicyclic) bond motifs is 1. The van der Waals surface area contributed by atoms with Crippen LogP contribution in [0.25, 0.3) is 11.0 Å². The lowest BCUT2D eigenvalue weighted by molar-refractivity contribution is -0.137. The second kappa shape index (κ2) is 11.3. The van der Waals surface area contributed by atoms with Gasteiger partial charge in [0.2, 0.25) is 5.95 Å². The molecule has 224 valence electrons. The van der Waals surface area contributed by atoms with Gasteiger partial charge in [-0.1, -0.05) is 6.07 Å². The lowest BCUT2D eigenvalue weighted by Gasteiger charge is -2.34. The van der Waals surface area contributed by atoms with Gasteiger partial charge in [0.25, 0.3) is 11.8 Å². The molecule has 2 aliphatic heterocycles. The Morgan fingerprint density at radius 3 is 2.45 bits per heavy atom. The van der Waals surface area contributed by atoms with Crippen molar-refractivity contribution in [1.82, 2.24) is 14.5 Å². The van der Waals surface area contributed by atoms with Crippen LogP contribution in [0.5, 0.6) is 0 Å². The zero-order valence-electron chi connectivity index (χ0n) is 23.5. The van der Waals surface area contributed by atoms with E-state index in [-0.39, 0.29) is 30.1 Å². The van der Waals surface area contributed by atoms with Crippen LogP contribution in [0, 0.1) is 0 Å². The van der Waals surface area contributed by atoms with Crippen LogP contribution >= 0.6 is 0 Å². The first-order chi connectivity index (χ1) is 19.8. The number of alkyl halides is 3. The Morgan fingerprint density at radius 2 is 1.79 bits per heavy atom. The molecule has 42 heavy (non-hydrogen) atoms. The maximum absolute atomic E-state index is 13.3. The number of carbonyl (C=O) groups excluding carboxylic acids is 3. The van der Waals surface area contributed by atoms with Crippen molar-refractivity contribution in [2.45, 2.75) is 51.4 Å². The van der Waals surface area contributed by atoms with E-state index in [0.717, 1.165) is 12.1 Å². The van der Waals surface area contributed by atoms with Gasteiger partial charge in [-0.2, -0.15) is 13.2 Å². The normalized spacial score (nSPS) is 17.0. The quantitative estimate of drug-likeness (QED) is 0.448. The van der Waals surface area contributed by atoms with E-state index in [2.05, 4.69) is 10.3 Å². The fraction of sp³-hybridized carbons (Fsp3) is 0.448. The van der Waals surface area contributed by atoms with Crippen LogP contribution in [0.4, 0.5) is 29.6 Å². The van der Waals surface area contributed by atoms with Crippen molar-refractivity contribution in [3.63, 3.8) is 0 Å². The molecule has 2 aromatic carbocycles. The number of morpholine rings is 1. The Morgan fingerprint density at radius 1 is 1.05 bits per heavy atom. The molecule has 5 rings (SSSR count). The molecule has 0 atom stereocenters. The Hall–Kier alpha value is -4.13. The van der Waals surface area contributed by atoms with Crippen molar-refractivity contribution in [3.05, 3.63) is 53.6 Å². The second-order valence-corrected chi connectivity index (χ2v) is 11.3. The zero-order chi connectivity index (χ0) is 30.2. The molecule has 0 unspecified atom stereocenters. The average Bonchev–Trinajstić information content (AvgIpc) is 3.29. The number of nitrogens with one attached hydrogen (secondary N) is 1. The van der Waals surface area contributed by atoms with Gasteiger partial charge in [-0.05, 0) is 70.0 Å². The molecule has 1 N–H and O–H groups in total. The molecule has 0 saturated carbocycles. The summed E-state index contributed by atoms with van der Waals surface area (Å²) >= 11 is 0. The molecule has 0 bridgehead atoms. The molecule has 2 saturated heterocycles. The second-order valence-electron chi connectivity index (χ2n) is 11.3. The van der Waals surface area contributed by atoms with E-state index in [4.69, 9.17) is 9.47 Å². The van der Waals surface area contributed by atoms with Gasteiger partial charge in [-0.15, -0.1) is 0 Å². The van der Waals surface area contributed by atoms with Gasteiger partial charge in [0.05, 0.1) is 23.2 Å². The van der Waals surface area contributed by atoms with Crippen LogP contribution in [-0.4, -0.2) is 70.8 Å². The minimum Gasteiger partial charge on any atom is -0.444 e. The lowest BCUT2D eigenvalue weighted by Crippen LogP contribution is -2.42. The maximum Gasteiger partial charge on any atom is 0.416 e. The summed E-state index contributed by atoms with van der Waals surface area (Å²) < 4.78 is 52.4. The van der Waals surface area contributed by atoms with Gasteiger partial charge in [0, 0.05) is 36.9 Å². The molecular formula is C29H32F3N5O5. The molecule has 13 heteroatoms. The molecule has 2 aliphatic rings. The molecule has 2 fully saturated rings. The van der Waals surface area contributed by atoms with Crippen LogP contribution in [0.3, 0.4) is 0 Å². The van der Waals surface area contributed by atoms with Crippen LogP contribution < -0.4 is 10.2 Å². The van der Waals surface area contributed by atoms with Gasteiger partial charge in [0.15, 0.2) is 0 Å². The number of piperidine rings is 1. The standard InChI is InChI=1S/C29H32F3N5O5/c1-28(2,3)42-27(40)35-11-9-20(10-12-35)37-23-8-7-21(36-13-14-41-17-24(36)38)16-22(23)33-26(37)34-25(39)18-5-4-6-19(15-18)29(30,31)32/h4-8,15-16,20H,9-14,17H2,1-3H3,(H,33,34,39). The van der Waals surface area contributed by atoms with Crippen LogP contribution in [0.2, 0.25) is 0 Å². The summed E-state index contributed by atoms with van der Waals surface area (Å²) in [5, 5.41) is 2.70. The van der Waals surface area contributed by atoms with Crippen molar-refractivity contribution in [2.75, 3.05) is 43.1 Å². The minimum absolute atomic E-state index is 0.0268. The van der Waals surface area contributed by atoms with Gasteiger partial charge in [-0.3, -0.25) is 14.9 Å². The molecule has 10 nitrogen and oxygen atoms in total. The fourth-order valence-corrected chi connectivity index (χ4v) is 5.15. The largest absolute Gasteiger partial charge is 0.444 e. The number of nitrogens with zero attached hydrogens (tertiary/aromatic N) is 4. The molecule has 0 spiro atoms. The molecule has 1 aromatic heterocycles. The van der Waals surface area contributed by atoms with E-state index < -0.39 is 29.3 Å². The first-order valence-corrected chi connectivity index (χ1v) is 13.7. The molecule has 0 aliphatic carbocycles. The number of carbonyl (C=O) groups is 3. The molecule has 3 heterocycles.